The highest BCUT2D eigenvalue weighted by Gasteiger charge is 2.29. The molecule has 72 heavy (non-hydrogen) atoms. The number of aryl methyl sites for hydroxylation is 4. The Hall–Kier alpha value is -7.30. The largest absolute Gasteiger partial charge is 0.456 e. The van der Waals surface area contributed by atoms with Crippen LogP contribution in [0.4, 0.5) is 34.1 Å². The fourth-order valence-corrected chi connectivity index (χ4v) is 11.3. The molecule has 4 heteroatoms. The normalized spacial score (nSPS) is 12.6. The Balaban J connectivity index is 1.10. The SMILES string of the molecule is Cc1ccccc1N(c1ccc2cc3c(cc2c1)oc1c(C(C)C)c2c(oc4cc5cc(N(c6ccccc6C)c6cc(C(C)(C)C)ccc6C)ccc5cc42)c(C(C)C)c13)c1cc(C(C)(C)C)ccc1C. The van der Waals surface area contributed by atoms with Crippen molar-refractivity contribution >= 4 is 99.5 Å². The first kappa shape index (κ1) is 47.0. The van der Waals surface area contributed by atoms with Crippen LogP contribution in [0.1, 0.15) is 126 Å². The van der Waals surface area contributed by atoms with Crippen LogP contribution in [0.5, 0.6) is 0 Å². The summed E-state index contributed by atoms with van der Waals surface area (Å²) in [7, 11) is 0. The average molecular weight is 945 g/mol. The molecule has 4 nitrogen and oxygen atoms in total. The molecule has 0 saturated carbocycles. The van der Waals surface area contributed by atoms with Crippen molar-refractivity contribution < 1.29 is 8.83 Å². The molecular formula is C68H68N2O2. The first-order chi connectivity index (χ1) is 34.3. The van der Waals surface area contributed by atoms with Crippen molar-refractivity contribution in [3.63, 3.8) is 0 Å². The van der Waals surface area contributed by atoms with Crippen LogP contribution in [-0.2, 0) is 10.8 Å². The second kappa shape index (κ2) is 17.2. The average Bonchev–Trinajstić information content (AvgIpc) is 3.87. The standard InChI is InChI=1S/C68H68N2O2/c1-39(2)61-63-53-33-45-25-29-51(69(55-21-17-15-19-41(55)5)57-37-49(67(9,10)11)27-23-43(57)7)31-47(45)35-59(53)72-66(63)62(40(3)4)64-54-34-46-26-30-52(32-48(46)36-60(54)71-65(61)64)70(56-22-18-16-20-42(56)6)58-38-50(68(12,13)14)28-24-44(58)8/h15-40H,1-14H3. The maximum atomic E-state index is 7.23. The summed E-state index contributed by atoms with van der Waals surface area (Å²) in [5.74, 6) is 0.336. The molecule has 0 bridgehead atoms. The van der Waals surface area contributed by atoms with Gasteiger partial charge in [-0.25, -0.2) is 0 Å². The highest BCUT2D eigenvalue weighted by Crippen LogP contribution is 2.50. The minimum Gasteiger partial charge on any atom is -0.456 e. The van der Waals surface area contributed by atoms with Crippen LogP contribution in [0.3, 0.4) is 0 Å². The summed E-state index contributed by atoms with van der Waals surface area (Å²) in [5, 5.41) is 9.18. The van der Waals surface area contributed by atoms with Crippen molar-refractivity contribution in [2.45, 2.75) is 120 Å². The third-order valence-electron chi connectivity index (χ3n) is 15.3. The molecule has 0 unspecified atom stereocenters. The van der Waals surface area contributed by atoms with Crippen LogP contribution in [-0.4, -0.2) is 0 Å². The molecule has 0 aliphatic carbocycles. The zero-order valence-electron chi connectivity index (χ0n) is 44.7. The van der Waals surface area contributed by atoms with Gasteiger partial charge in [0.2, 0.25) is 0 Å². The van der Waals surface area contributed by atoms with Gasteiger partial charge in [0.15, 0.2) is 0 Å². The summed E-state index contributed by atoms with van der Waals surface area (Å²) in [6, 6.07) is 54.3. The summed E-state index contributed by atoms with van der Waals surface area (Å²) >= 11 is 0. The van der Waals surface area contributed by atoms with E-state index < -0.39 is 0 Å². The van der Waals surface area contributed by atoms with E-state index in [-0.39, 0.29) is 22.7 Å². The number of nitrogens with zero attached hydrogens (tertiary/aromatic N) is 2. The van der Waals surface area contributed by atoms with E-state index in [1.165, 1.54) is 78.0 Å². The van der Waals surface area contributed by atoms with Crippen molar-refractivity contribution in [3.8, 4) is 0 Å². The van der Waals surface area contributed by atoms with Crippen LogP contribution in [0.25, 0.3) is 65.4 Å². The number of furan rings is 2. The van der Waals surface area contributed by atoms with E-state index in [2.05, 4.69) is 252 Å². The lowest BCUT2D eigenvalue weighted by molar-refractivity contribution is 0.590. The molecule has 0 fully saturated rings. The smallest absolute Gasteiger partial charge is 0.140 e. The highest BCUT2D eigenvalue weighted by atomic mass is 16.3. The summed E-state index contributed by atoms with van der Waals surface area (Å²) < 4.78 is 14.5. The van der Waals surface area contributed by atoms with Crippen molar-refractivity contribution in [3.05, 3.63) is 190 Å². The number of benzene rings is 9. The topological polar surface area (TPSA) is 32.8 Å². The van der Waals surface area contributed by atoms with Gasteiger partial charge in [0.05, 0.1) is 0 Å². The number of anilines is 6. The van der Waals surface area contributed by atoms with E-state index in [9.17, 15) is 0 Å². The molecule has 0 spiro atoms. The van der Waals surface area contributed by atoms with Gasteiger partial charge < -0.3 is 18.6 Å². The van der Waals surface area contributed by atoms with Gasteiger partial charge in [-0.05, 0) is 178 Å². The van der Waals surface area contributed by atoms with Crippen LogP contribution in [0.15, 0.2) is 154 Å². The van der Waals surface area contributed by atoms with Crippen LogP contribution >= 0.6 is 0 Å². The van der Waals surface area contributed by atoms with E-state index in [0.29, 0.717) is 0 Å². The molecule has 0 amide bonds. The van der Waals surface area contributed by atoms with Crippen LogP contribution in [0.2, 0.25) is 0 Å². The maximum Gasteiger partial charge on any atom is 0.140 e. The van der Waals surface area contributed by atoms with Crippen molar-refractivity contribution in [2.75, 3.05) is 9.80 Å². The molecule has 2 heterocycles. The fourth-order valence-electron chi connectivity index (χ4n) is 11.3. The predicted molar refractivity (Wildman–Crippen MR) is 310 cm³/mol. The maximum absolute atomic E-state index is 7.23. The second-order valence-electron chi connectivity index (χ2n) is 23.3. The Labute approximate surface area is 425 Å². The van der Waals surface area contributed by atoms with E-state index in [1.54, 1.807) is 0 Å². The molecular weight excluding hydrogens is 877 g/mol. The van der Waals surface area contributed by atoms with Crippen molar-refractivity contribution in [1.29, 1.82) is 0 Å². The third kappa shape index (κ3) is 7.82. The quantitative estimate of drug-likeness (QED) is 0.152. The Morgan fingerprint density at radius 1 is 0.375 bits per heavy atom. The molecule has 0 aliphatic rings. The van der Waals surface area contributed by atoms with Crippen LogP contribution < -0.4 is 9.80 Å². The van der Waals surface area contributed by atoms with E-state index in [4.69, 9.17) is 8.83 Å². The lowest BCUT2D eigenvalue weighted by Crippen LogP contribution is -2.16. The first-order valence-electron chi connectivity index (χ1n) is 26.0. The Kier molecular flexibility index (Phi) is 11.2. The number of hydrogen-bond acceptors (Lipinski definition) is 4. The van der Waals surface area contributed by atoms with E-state index in [0.717, 1.165) is 66.0 Å². The lowest BCUT2D eigenvalue weighted by atomic mass is 9.86. The number of rotatable bonds is 8. The molecule has 0 atom stereocenters. The van der Waals surface area contributed by atoms with Gasteiger partial charge in [0.25, 0.3) is 0 Å². The molecule has 2 aromatic heterocycles. The van der Waals surface area contributed by atoms with Gasteiger partial charge >= 0.3 is 0 Å². The first-order valence-corrected chi connectivity index (χ1v) is 26.0. The third-order valence-corrected chi connectivity index (χ3v) is 15.3. The minimum atomic E-state index is 0.00873. The van der Waals surface area contributed by atoms with Crippen molar-refractivity contribution in [1.82, 2.24) is 0 Å². The summed E-state index contributed by atoms with van der Waals surface area (Å²) in [4.78, 5) is 4.87. The molecule has 11 rings (SSSR count). The molecule has 9 aromatic carbocycles. The zero-order valence-corrected chi connectivity index (χ0v) is 44.7. The molecule has 0 aliphatic heterocycles. The Morgan fingerprint density at radius 2 is 0.750 bits per heavy atom. The molecule has 0 N–H and O–H groups in total. The molecule has 0 radical (unpaired) electrons. The van der Waals surface area contributed by atoms with Gasteiger partial charge in [-0.3, -0.25) is 0 Å². The van der Waals surface area contributed by atoms with Crippen molar-refractivity contribution in [2.24, 2.45) is 0 Å². The fraction of sp³-hybridized carbons (Fsp3) is 0.265. The number of hydrogen-bond donors (Lipinski definition) is 0. The van der Waals surface area contributed by atoms with Gasteiger partial charge in [-0.1, -0.05) is 142 Å². The van der Waals surface area contributed by atoms with Crippen LogP contribution in [0, 0.1) is 27.7 Å². The predicted octanol–water partition coefficient (Wildman–Crippen LogP) is 20.8. The minimum absolute atomic E-state index is 0.00873. The highest BCUT2D eigenvalue weighted by molar-refractivity contribution is 6.22. The Morgan fingerprint density at radius 3 is 1.11 bits per heavy atom. The number of fused-ring (bicyclic) bond motifs is 8. The number of para-hydroxylation sites is 2. The molecule has 0 saturated heterocycles. The van der Waals surface area contributed by atoms with Gasteiger partial charge in [0, 0.05) is 66.8 Å². The second-order valence-corrected chi connectivity index (χ2v) is 23.3. The summed E-state index contributed by atoms with van der Waals surface area (Å²) in [5.41, 5.74) is 20.6. The monoisotopic (exact) mass is 945 g/mol. The lowest BCUT2D eigenvalue weighted by Gasteiger charge is -2.30. The van der Waals surface area contributed by atoms with Gasteiger partial charge in [-0.2, -0.15) is 0 Å². The van der Waals surface area contributed by atoms with E-state index >= 15 is 0 Å². The van der Waals surface area contributed by atoms with Gasteiger partial charge in [-0.15, -0.1) is 0 Å². The summed E-state index contributed by atoms with van der Waals surface area (Å²) in [6.07, 6.45) is 0. The Bertz CT molecular complexity index is 3700. The zero-order chi connectivity index (χ0) is 50.7. The molecule has 11 aromatic rings. The van der Waals surface area contributed by atoms with E-state index in [1.807, 2.05) is 0 Å². The molecule has 362 valence electrons. The summed E-state index contributed by atoms with van der Waals surface area (Å²) in [6.45, 7) is 31.7. The van der Waals surface area contributed by atoms with Gasteiger partial charge in [0.1, 0.15) is 22.3 Å².